The van der Waals surface area contributed by atoms with Crippen LogP contribution in [0.5, 0.6) is 6.08 Å². The summed E-state index contributed by atoms with van der Waals surface area (Å²) < 4.78 is 10.6. The molecule has 1 aromatic carbocycles. The minimum absolute atomic E-state index is 0.0184. The van der Waals surface area contributed by atoms with E-state index in [2.05, 4.69) is 4.98 Å². The minimum atomic E-state index is -0.672. The first-order valence-corrected chi connectivity index (χ1v) is 6.89. The molecule has 0 N–H and O–H groups in total. The Kier molecular flexibility index (Phi) is 3.55. The predicted molar refractivity (Wildman–Crippen MR) is 74.4 cm³/mol. The molecular weight excluding hydrogens is 276 g/mol. The third-order valence-corrected chi connectivity index (χ3v) is 3.62. The molecule has 0 radical (unpaired) electrons. The van der Waals surface area contributed by atoms with Crippen LogP contribution in [0.3, 0.4) is 0 Å². The Labute approximate surface area is 119 Å². The molecule has 0 spiro atoms. The van der Waals surface area contributed by atoms with E-state index in [1.54, 1.807) is 0 Å². The van der Waals surface area contributed by atoms with E-state index in [1.807, 2.05) is 0 Å². The quantitative estimate of drug-likeness (QED) is 0.637. The van der Waals surface area contributed by atoms with Gasteiger partial charge in [-0.2, -0.15) is 4.98 Å². The van der Waals surface area contributed by atoms with Crippen LogP contribution in [0.15, 0.2) is 27.4 Å². The summed E-state index contributed by atoms with van der Waals surface area (Å²) in [7, 11) is 0. The van der Waals surface area contributed by atoms with Gasteiger partial charge in [0.25, 0.3) is 5.69 Å². The largest absolute Gasteiger partial charge is 0.447 e. The van der Waals surface area contributed by atoms with Gasteiger partial charge < -0.3 is 9.15 Å². The summed E-state index contributed by atoms with van der Waals surface area (Å²) in [6.45, 7) is 0. The Hall–Kier alpha value is -2.44. The second-order valence-corrected chi connectivity index (χ2v) is 5.10. The summed E-state index contributed by atoms with van der Waals surface area (Å²) in [6, 6.07) is 3.90. The van der Waals surface area contributed by atoms with Gasteiger partial charge >= 0.3 is 11.7 Å². The van der Waals surface area contributed by atoms with Gasteiger partial charge in [-0.15, -0.1) is 0 Å². The molecule has 1 fully saturated rings. The molecule has 0 saturated heterocycles. The number of aromatic nitrogens is 1. The second-order valence-electron chi connectivity index (χ2n) is 5.10. The lowest BCUT2D eigenvalue weighted by Gasteiger charge is -2.21. The highest BCUT2D eigenvalue weighted by atomic mass is 16.6. The fraction of sp³-hybridized carbons (Fsp3) is 0.429. The Bertz CT molecular complexity index is 734. The lowest BCUT2D eigenvalue weighted by molar-refractivity contribution is -0.384. The number of hydrogen-bond donors (Lipinski definition) is 0. The smallest absolute Gasteiger partial charge is 0.397 e. The van der Waals surface area contributed by atoms with Crippen molar-refractivity contribution >= 4 is 16.6 Å². The average molecular weight is 290 g/mol. The molecule has 1 aromatic heterocycles. The first-order chi connectivity index (χ1) is 10.1. The van der Waals surface area contributed by atoms with Gasteiger partial charge in [-0.05, 0) is 31.7 Å². The molecule has 0 atom stereocenters. The second kappa shape index (κ2) is 5.51. The summed E-state index contributed by atoms with van der Waals surface area (Å²) in [5, 5.41) is 10.8. The molecule has 0 amide bonds. The minimum Gasteiger partial charge on any atom is -0.447 e. The molecule has 110 valence electrons. The fourth-order valence-corrected chi connectivity index (χ4v) is 2.53. The molecule has 2 aromatic rings. The molecule has 0 unspecified atom stereocenters. The van der Waals surface area contributed by atoms with Crippen molar-refractivity contribution in [1.29, 1.82) is 0 Å². The van der Waals surface area contributed by atoms with E-state index in [-0.39, 0.29) is 23.3 Å². The number of nitro groups is 1. The molecule has 0 aliphatic heterocycles. The van der Waals surface area contributed by atoms with Crippen molar-refractivity contribution in [1.82, 2.24) is 4.98 Å². The summed E-state index contributed by atoms with van der Waals surface area (Å²) in [6.07, 6.45) is 5.17. The van der Waals surface area contributed by atoms with Crippen LogP contribution in [-0.2, 0) is 0 Å². The van der Waals surface area contributed by atoms with Crippen LogP contribution in [0.25, 0.3) is 10.9 Å². The molecule has 21 heavy (non-hydrogen) atoms. The molecule has 7 nitrogen and oxygen atoms in total. The predicted octanol–water partition coefficient (Wildman–Crippen LogP) is 2.81. The van der Waals surface area contributed by atoms with Crippen molar-refractivity contribution in [3.05, 3.63) is 38.7 Å². The molecule has 7 heteroatoms. The van der Waals surface area contributed by atoms with Crippen molar-refractivity contribution in [3.63, 3.8) is 0 Å². The maximum absolute atomic E-state index is 11.9. The number of non-ortho nitro benzene ring substituents is 1. The van der Waals surface area contributed by atoms with Gasteiger partial charge in [-0.3, -0.25) is 10.1 Å². The zero-order chi connectivity index (χ0) is 14.8. The van der Waals surface area contributed by atoms with Gasteiger partial charge in [0.2, 0.25) is 0 Å². The number of ether oxygens (including phenoxy) is 1. The number of benzene rings is 1. The third kappa shape index (κ3) is 2.86. The topological polar surface area (TPSA) is 95.5 Å². The van der Waals surface area contributed by atoms with Crippen LogP contribution in [-0.4, -0.2) is 16.0 Å². The molecule has 1 heterocycles. The lowest BCUT2D eigenvalue weighted by Crippen LogP contribution is -2.21. The van der Waals surface area contributed by atoms with Crippen LogP contribution in [0, 0.1) is 10.1 Å². The molecule has 1 saturated carbocycles. The summed E-state index contributed by atoms with van der Waals surface area (Å²) in [5.74, 6) is 0. The van der Waals surface area contributed by atoms with E-state index in [4.69, 9.17) is 9.15 Å². The van der Waals surface area contributed by atoms with E-state index < -0.39 is 10.5 Å². The molecule has 1 aliphatic carbocycles. The zero-order valence-corrected chi connectivity index (χ0v) is 11.3. The van der Waals surface area contributed by atoms with Crippen molar-refractivity contribution in [2.75, 3.05) is 0 Å². The van der Waals surface area contributed by atoms with Gasteiger partial charge in [-0.1, -0.05) is 6.42 Å². The zero-order valence-electron chi connectivity index (χ0n) is 11.3. The monoisotopic (exact) mass is 290 g/mol. The summed E-state index contributed by atoms with van der Waals surface area (Å²) in [5.41, 5.74) is -0.505. The highest BCUT2D eigenvalue weighted by molar-refractivity contribution is 5.79. The van der Waals surface area contributed by atoms with Crippen molar-refractivity contribution < 1.29 is 14.1 Å². The first kappa shape index (κ1) is 13.5. The van der Waals surface area contributed by atoms with Crippen LogP contribution >= 0.6 is 0 Å². The van der Waals surface area contributed by atoms with Crippen LogP contribution in [0.1, 0.15) is 32.1 Å². The van der Waals surface area contributed by atoms with E-state index in [0.29, 0.717) is 5.52 Å². The average Bonchev–Trinajstić information content (AvgIpc) is 2.48. The van der Waals surface area contributed by atoms with Crippen molar-refractivity contribution in [2.45, 2.75) is 38.2 Å². The molecular formula is C14H14N2O5. The first-order valence-electron chi connectivity index (χ1n) is 6.89. The molecule has 0 bridgehead atoms. The Balaban J connectivity index is 1.93. The van der Waals surface area contributed by atoms with Crippen LogP contribution in [0.2, 0.25) is 0 Å². The van der Waals surface area contributed by atoms with Crippen molar-refractivity contribution in [2.24, 2.45) is 0 Å². The number of nitrogens with zero attached hydrogens (tertiary/aromatic N) is 2. The SMILES string of the molecule is O=c1oc(OC2CCCCC2)nc2ccc([N+](=O)[O-])cc12. The fourth-order valence-electron chi connectivity index (χ4n) is 2.53. The van der Waals surface area contributed by atoms with Gasteiger partial charge in [0.15, 0.2) is 0 Å². The third-order valence-electron chi connectivity index (χ3n) is 3.62. The molecule has 3 rings (SSSR count). The molecule has 1 aliphatic rings. The summed E-state index contributed by atoms with van der Waals surface area (Å²) >= 11 is 0. The number of rotatable bonds is 3. The van der Waals surface area contributed by atoms with E-state index in [9.17, 15) is 14.9 Å². The van der Waals surface area contributed by atoms with Gasteiger partial charge in [-0.25, -0.2) is 4.79 Å². The highest BCUT2D eigenvalue weighted by Crippen LogP contribution is 2.23. The lowest BCUT2D eigenvalue weighted by atomic mass is 9.98. The van der Waals surface area contributed by atoms with Gasteiger partial charge in [0, 0.05) is 12.1 Å². The van der Waals surface area contributed by atoms with Crippen molar-refractivity contribution in [3.8, 4) is 6.08 Å². The standard InChI is InChI=1S/C14H14N2O5/c17-13-11-8-9(16(18)19)6-7-12(11)15-14(21-13)20-10-4-2-1-3-5-10/h6-8,10H,1-5H2. The highest BCUT2D eigenvalue weighted by Gasteiger charge is 2.18. The number of hydrogen-bond acceptors (Lipinski definition) is 6. The number of nitro benzene ring substituents is 1. The summed E-state index contributed by atoms with van der Waals surface area (Å²) in [4.78, 5) is 26.2. The maximum Gasteiger partial charge on any atom is 0.397 e. The maximum atomic E-state index is 11.9. The van der Waals surface area contributed by atoms with Gasteiger partial charge in [0.05, 0.1) is 15.8 Å². The van der Waals surface area contributed by atoms with Gasteiger partial charge in [0.1, 0.15) is 6.10 Å². The van der Waals surface area contributed by atoms with E-state index in [0.717, 1.165) is 25.7 Å². The Morgan fingerprint density at radius 3 is 2.76 bits per heavy atom. The number of fused-ring (bicyclic) bond motifs is 1. The van der Waals surface area contributed by atoms with Crippen LogP contribution < -0.4 is 10.4 Å². The Morgan fingerprint density at radius 2 is 2.05 bits per heavy atom. The van der Waals surface area contributed by atoms with E-state index >= 15 is 0 Å². The van der Waals surface area contributed by atoms with Crippen LogP contribution in [0.4, 0.5) is 5.69 Å². The Morgan fingerprint density at radius 1 is 1.29 bits per heavy atom. The van der Waals surface area contributed by atoms with E-state index in [1.165, 1.54) is 24.6 Å². The normalized spacial score (nSPS) is 16.0.